The molecule has 2 aromatic carbocycles. The molecular formula is C19H24N2O3. The maximum atomic E-state index is 8.78. The van der Waals surface area contributed by atoms with Crippen molar-refractivity contribution in [2.24, 2.45) is 5.73 Å². The van der Waals surface area contributed by atoms with Gasteiger partial charge in [-0.2, -0.15) is 0 Å². The zero-order valence-electron chi connectivity index (χ0n) is 13.7. The van der Waals surface area contributed by atoms with Crippen molar-refractivity contribution in [3.63, 3.8) is 0 Å². The SMILES string of the molecule is NCC1c2cc(Oc3ccccc3)ccc2CN1CCOCCO. The maximum absolute atomic E-state index is 8.78. The number of fused-ring (bicyclic) bond motifs is 1. The normalized spacial score (nSPS) is 17.0. The molecule has 24 heavy (non-hydrogen) atoms. The van der Waals surface area contributed by atoms with Crippen molar-refractivity contribution in [3.05, 3.63) is 59.7 Å². The van der Waals surface area contributed by atoms with Crippen LogP contribution in [-0.2, 0) is 11.3 Å². The first-order valence-corrected chi connectivity index (χ1v) is 8.30. The number of aliphatic hydroxyl groups is 1. The monoisotopic (exact) mass is 328 g/mol. The number of rotatable bonds is 8. The van der Waals surface area contributed by atoms with E-state index in [-0.39, 0.29) is 12.6 Å². The van der Waals surface area contributed by atoms with Crippen LogP contribution >= 0.6 is 0 Å². The van der Waals surface area contributed by atoms with Gasteiger partial charge in [-0.05, 0) is 35.4 Å². The lowest BCUT2D eigenvalue weighted by Gasteiger charge is -2.23. The summed E-state index contributed by atoms with van der Waals surface area (Å²) in [6.07, 6.45) is 0. The first-order chi connectivity index (χ1) is 11.8. The first-order valence-electron chi connectivity index (χ1n) is 8.30. The second-order valence-electron chi connectivity index (χ2n) is 5.83. The predicted molar refractivity (Wildman–Crippen MR) is 93.1 cm³/mol. The number of aliphatic hydroxyl groups excluding tert-OH is 1. The van der Waals surface area contributed by atoms with Crippen LogP contribution < -0.4 is 10.5 Å². The third-order valence-corrected chi connectivity index (χ3v) is 4.25. The molecule has 0 radical (unpaired) electrons. The molecule has 0 bridgehead atoms. The molecule has 2 aromatic rings. The summed E-state index contributed by atoms with van der Waals surface area (Å²) in [6.45, 7) is 3.25. The summed E-state index contributed by atoms with van der Waals surface area (Å²) in [5.74, 6) is 1.66. The summed E-state index contributed by atoms with van der Waals surface area (Å²) in [6, 6.07) is 16.2. The summed E-state index contributed by atoms with van der Waals surface area (Å²) in [7, 11) is 0. The molecule has 0 spiro atoms. The van der Waals surface area contributed by atoms with Gasteiger partial charge in [-0.3, -0.25) is 4.90 Å². The van der Waals surface area contributed by atoms with E-state index in [1.807, 2.05) is 36.4 Å². The van der Waals surface area contributed by atoms with Crippen molar-refractivity contribution in [2.75, 3.05) is 32.9 Å². The second kappa shape index (κ2) is 8.26. The quantitative estimate of drug-likeness (QED) is 0.728. The summed E-state index contributed by atoms with van der Waals surface area (Å²) < 4.78 is 11.3. The van der Waals surface area contributed by atoms with Gasteiger partial charge in [0.15, 0.2) is 0 Å². The summed E-state index contributed by atoms with van der Waals surface area (Å²) in [5, 5.41) is 8.78. The molecule has 0 saturated heterocycles. The van der Waals surface area contributed by atoms with Gasteiger partial charge in [-0.15, -0.1) is 0 Å². The molecule has 1 aliphatic heterocycles. The standard InChI is InChI=1S/C19H24N2O3/c20-13-19-18-12-17(24-16-4-2-1-3-5-16)7-6-15(18)14-21(19)8-10-23-11-9-22/h1-7,12,19,22H,8-11,13-14,20H2. The molecule has 3 N–H and O–H groups in total. The van der Waals surface area contributed by atoms with E-state index in [0.29, 0.717) is 19.8 Å². The maximum Gasteiger partial charge on any atom is 0.127 e. The molecule has 0 saturated carbocycles. The highest BCUT2D eigenvalue weighted by Crippen LogP contribution is 2.36. The van der Waals surface area contributed by atoms with Crippen LogP contribution in [0.3, 0.4) is 0 Å². The lowest BCUT2D eigenvalue weighted by atomic mass is 10.0. The van der Waals surface area contributed by atoms with Crippen molar-refractivity contribution in [1.29, 1.82) is 0 Å². The largest absolute Gasteiger partial charge is 0.457 e. The van der Waals surface area contributed by atoms with Crippen LogP contribution in [0.1, 0.15) is 17.2 Å². The van der Waals surface area contributed by atoms with Crippen LogP contribution in [0.25, 0.3) is 0 Å². The van der Waals surface area contributed by atoms with Gasteiger partial charge >= 0.3 is 0 Å². The number of para-hydroxylation sites is 1. The average Bonchev–Trinajstić information content (AvgIpc) is 2.96. The Morgan fingerprint density at radius 2 is 1.92 bits per heavy atom. The minimum absolute atomic E-state index is 0.0563. The van der Waals surface area contributed by atoms with Crippen LogP contribution in [0.15, 0.2) is 48.5 Å². The molecule has 5 heteroatoms. The van der Waals surface area contributed by atoms with Crippen molar-refractivity contribution < 1.29 is 14.6 Å². The van der Waals surface area contributed by atoms with Crippen molar-refractivity contribution in [3.8, 4) is 11.5 Å². The van der Waals surface area contributed by atoms with Crippen molar-refractivity contribution in [2.45, 2.75) is 12.6 Å². The smallest absolute Gasteiger partial charge is 0.127 e. The van der Waals surface area contributed by atoms with E-state index in [4.69, 9.17) is 20.3 Å². The number of nitrogens with two attached hydrogens (primary N) is 1. The van der Waals surface area contributed by atoms with Gasteiger partial charge in [-0.25, -0.2) is 0 Å². The van der Waals surface area contributed by atoms with Gasteiger partial charge in [0.2, 0.25) is 0 Å². The topological polar surface area (TPSA) is 68.0 Å². The zero-order chi connectivity index (χ0) is 16.8. The fourth-order valence-corrected chi connectivity index (χ4v) is 3.10. The number of benzene rings is 2. The Balaban J connectivity index is 1.69. The van der Waals surface area contributed by atoms with Gasteiger partial charge < -0.3 is 20.3 Å². The Morgan fingerprint density at radius 1 is 1.08 bits per heavy atom. The molecule has 0 fully saturated rings. The highest BCUT2D eigenvalue weighted by atomic mass is 16.5. The molecule has 1 unspecified atom stereocenters. The fourth-order valence-electron chi connectivity index (χ4n) is 3.10. The zero-order valence-corrected chi connectivity index (χ0v) is 13.7. The Morgan fingerprint density at radius 3 is 2.67 bits per heavy atom. The van der Waals surface area contributed by atoms with Crippen molar-refractivity contribution in [1.82, 2.24) is 4.90 Å². The highest BCUT2D eigenvalue weighted by molar-refractivity contribution is 5.42. The number of ether oxygens (including phenoxy) is 2. The van der Waals surface area contributed by atoms with E-state index in [0.717, 1.165) is 24.6 Å². The van der Waals surface area contributed by atoms with Gasteiger partial charge in [0.1, 0.15) is 11.5 Å². The van der Waals surface area contributed by atoms with Crippen LogP contribution in [0.4, 0.5) is 0 Å². The molecule has 1 aliphatic rings. The Bertz CT molecular complexity index is 648. The third-order valence-electron chi connectivity index (χ3n) is 4.25. The molecule has 1 heterocycles. The molecule has 1 atom stereocenters. The average molecular weight is 328 g/mol. The first kappa shape index (κ1) is 16.9. The molecule has 0 aromatic heterocycles. The van der Waals surface area contributed by atoms with E-state index in [2.05, 4.69) is 17.0 Å². The van der Waals surface area contributed by atoms with Gasteiger partial charge in [-0.1, -0.05) is 24.3 Å². The summed E-state index contributed by atoms with van der Waals surface area (Å²) in [4.78, 5) is 2.31. The number of nitrogens with zero attached hydrogens (tertiary/aromatic N) is 1. The fraction of sp³-hybridized carbons (Fsp3) is 0.368. The second-order valence-corrected chi connectivity index (χ2v) is 5.83. The third kappa shape index (κ3) is 3.94. The minimum atomic E-state index is 0.0563. The summed E-state index contributed by atoms with van der Waals surface area (Å²) in [5.41, 5.74) is 8.52. The Hall–Kier alpha value is -1.92. The van der Waals surface area contributed by atoms with E-state index >= 15 is 0 Å². The van der Waals surface area contributed by atoms with E-state index in [9.17, 15) is 0 Å². The van der Waals surface area contributed by atoms with E-state index in [1.54, 1.807) is 0 Å². The van der Waals surface area contributed by atoms with Crippen molar-refractivity contribution >= 4 is 0 Å². The lowest BCUT2D eigenvalue weighted by molar-refractivity contribution is 0.0657. The van der Waals surface area contributed by atoms with E-state index < -0.39 is 0 Å². The van der Waals surface area contributed by atoms with Crippen LogP contribution in [0, 0.1) is 0 Å². The minimum Gasteiger partial charge on any atom is -0.457 e. The summed E-state index contributed by atoms with van der Waals surface area (Å²) >= 11 is 0. The molecule has 5 nitrogen and oxygen atoms in total. The lowest BCUT2D eigenvalue weighted by Crippen LogP contribution is -2.31. The van der Waals surface area contributed by atoms with Gasteiger partial charge in [0.05, 0.1) is 19.8 Å². The molecule has 3 rings (SSSR count). The van der Waals surface area contributed by atoms with Gasteiger partial charge in [0, 0.05) is 25.7 Å². The number of hydrogen-bond donors (Lipinski definition) is 2. The highest BCUT2D eigenvalue weighted by Gasteiger charge is 2.29. The van der Waals surface area contributed by atoms with Crippen LogP contribution in [0.2, 0.25) is 0 Å². The predicted octanol–water partition coefficient (Wildman–Crippen LogP) is 2.30. The molecular weight excluding hydrogens is 304 g/mol. The molecule has 128 valence electrons. The van der Waals surface area contributed by atoms with Crippen LogP contribution in [0.5, 0.6) is 11.5 Å². The van der Waals surface area contributed by atoms with Gasteiger partial charge in [0.25, 0.3) is 0 Å². The molecule has 0 aliphatic carbocycles. The van der Waals surface area contributed by atoms with Crippen LogP contribution in [-0.4, -0.2) is 42.9 Å². The Kier molecular flexibility index (Phi) is 5.82. The number of hydrogen-bond acceptors (Lipinski definition) is 5. The molecule has 0 amide bonds. The van der Waals surface area contributed by atoms with E-state index in [1.165, 1.54) is 11.1 Å². The Labute approximate surface area is 142 Å².